The van der Waals surface area contributed by atoms with Gasteiger partial charge < -0.3 is 25.1 Å². The molecule has 0 saturated heterocycles. The number of methoxy groups -OCH3 is 2. The number of rotatable bonds is 16. The lowest BCUT2D eigenvalue weighted by Crippen LogP contribution is -2.45. The van der Waals surface area contributed by atoms with Crippen LogP contribution in [0, 0.1) is 11.8 Å². The molecular weight excluding hydrogens is 456 g/mol. The molecule has 1 rings (SSSR count). The summed E-state index contributed by atoms with van der Waals surface area (Å²) >= 11 is 0. The van der Waals surface area contributed by atoms with Gasteiger partial charge in [0.05, 0.1) is 25.6 Å². The number of hydrogen-bond donors (Lipinski definition) is 3. The van der Waals surface area contributed by atoms with Gasteiger partial charge >= 0.3 is 0 Å². The van der Waals surface area contributed by atoms with Gasteiger partial charge in [-0.2, -0.15) is 0 Å². The van der Waals surface area contributed by atoms with Crippen molar-refractivity contribution in [3.05, 3.63) is 23.8 Å². The average Bonchev–Trinajstić information content (AvgIpc) is 2.74. The van der Waals surface area contributed by atoms with Crippen LogP contribution < -0.4 is 19.9 Å². The van der Waals surface area contributed by atoms with Crippen molar-refractivity contribution in [1.82, 2.24) is 4.72 Å². The number of aliphatic hydroxyl groups excluding tert-OH is 1. The molecule has 1 aromatic rings. The van der Waals surface area contributed by atoms with Crippen LogP contribution in [0.3, 0.4) is 0 Å². The molecule has 0 aromatic heterocycles. The van der Waals surface area contributed by atoms with Gasteiger partial charge in [0.15, 0.2) is 11.5 Å². The summed E-state index contributed by atoms with van der Waals surface area (Å²) in [6.07, 6.45) is 1.17. The molecule has 0 aliphatic carbocycles. The Morgan fingerprint density at radius 1 is 1.16 bits per heavy atom. The highest BCUT2D eigenvalue weighted by molar-refractivity contribution is 7.89. The summed E-state index contributed by atoms with van der Waals surface area (Å²) in [7, 11) is -0.0909. The van der Waals surface area contributed by atoms with E-state index in [0.717, 1.165) is 18.4 Å². The van der Waals surface area contributed by atoms with Crippen molar-refractivity contribution in [2.24, 2.45) is 17.6 Å². The monoisotopic (exact) mass is 496 g/mol. The van der Waals surface area contributed by atoms with E-state index in [0.29, 0.717) is 37.1 Å². The number of nitrogens with two attached hydrogens (primary N) is 1. The summed E-state index contributed by atoms with van der Waals surface area (Å²) in [6.45, 7) is 6.88. The third-order valence-electron chi connectivity index (χ3n) is 5.38. The number of halogens is 1. The highest BCUT2D eigenvalue weighted by Gasteiger charge is 2.24. The molecule has 0 bridgehead atoms. The Labute approximate surface area is 199 Å². The number of aliphatic hydroxyl groups is 1. The zero-order chi connectivity index (χ0) is 23.4. The van der Waals surface area contributed by atoms with Crippen molar-refractivity contribution in [3.63, 3.8) is 0 Å². The minimum atomic E-state index is -3.36. The minimum Gasteiger partial charge on any atom is -0.493 e. The highest BCUT2D eigenvalue weighted by Crippen LogP contribution is 2.31. The van der Waals surface area contributed by atoms with Crippen molar-refractivity contribution in [2.75, 3.05) is 39.7 Å². The lowest BCUT2D eigenvalue weighted by Gasteiger charge is -2.27. The molecule has 10 heteroatoms. The first kappa shape index (κ1) is 30.9. The number of ether oxygens (including phenoxy) is 3. The third kappa shape index (κ3) is 11.2. The largest absolute Gasteiger partial charge is 0.493 e. The van der Waals surface area contributed by atoms with Crippen LogP contribution >= 0.6 is 12.4 Å². The highest BCUT2D eigenvalue weighted by atomic mass is 35.5. The number of hydrogen-bond acceptors (Lipinski definition) is 7. The summed E-state index contributed by atoms with van der Waals surface area (Å²) < 4.78 is 41.9. The number of sulfonamides is 1. The molecular formula is C22H41ClN2O6S. The Bertz CT molecular complexity index is 748. The fourth-order valence-electron chi connectivity index (χ4n) is 3.21. The van der Waals surface area contributed by atoms with Crippen LogP contribution in [0.15, 0.2) is 18.2 Å². The van der Waals surface area contributed by atoms with Crippen molar-refractivity contribution in [3.8, 4) is 11.5 Å². The van der Waals surface area contributed by atoms with Crippen LogP contribution in [0.1, 0.15) is 39.2 Å². The maximum absolute atomic E-state index is 11.6. The predicted octanol–water partition coefficient (Wildman–Crippen LogP) is 2.36. The average molecular weight is 497 g/mol. The fourth-order valence-corrected chi connectivity index (χ4v) is 3.84. The lowest BCUT2D eigenvalue weighted by atomic mass is 9.83. The van der Waals surface area contributed by atoms with Gasteiger partial charge in [-0.25, -0.2) is 13.1 Å². The summed E-state index contributed by atoms with van der Waals surface area (Å²) in [5.74, 6) is 1.88. The second kappa shape index (κ2) is 15.7. The zero-order valence-corrected chi connectivity index (χ0v) is 21.5. The molecule has 32 heavy (non-hydrogen) atoms. The van der Waals surface area contributed by atoms with Gasteiger partial charge in [0.2, 0.25) is 10.0 Å². The van der Waals surface area contributed by atoms with Crippen LogP contribution in [0.2, 0.25) is 0 Å². The van der Waals surface area contributed by atoms with E-state index in [4.69, 9.17) is 19.9 Å². The minimum absolute atomic E-state index is 0. The van der Waals surface area contributed by atoms with E-state index in [1.54, 1.807) is 21.1 Å². The van der Waals surface area contributed by atoms with Gasteiger partial charge in [0.1, 0.15) is 0 Å². The van der Waals surface area contributed by atoms with Crippen molar-refractivity contribution >= 4 is 22.4 Å². The standard InChI is InChI=1S/C22H40N2O6S.ClH/c1-6-31(26,27)24-15-20(25)19(23)14-18(16(2)3)12-17-8-9-21(29-5)22(13-17)30-11-7-10-28-4;/h8-9,13,16,18-20,24-25H,6-7,10-12,14-15,23H2,1-5H3;1H. The quantitative estimate of drug-likeness (QED) is 0.300. The van der Waals surface area contributed by atoms with E-state index >= 15 is 0 Å². The van der Waals surface area contributed by atoms with Gasteiger partial charge in [-0.05, 0) is 49.3 Å². The Kier molecular flexibility index (Phi) is 15.1. The summed E-state index contributed by atoms with van der Waals surface area (Å²) in [6, 6.07) is 5.36. The first-order valence-electron chi connectivity index (χ1n) is 10.8. The SMILES string of the molecule is CCS(=O)(=O)NCC(O)C(N)CC(Cc1ccc(OC)c(OCCCOC)c1)C(C)C.Cl. The van der Waals surface area contributed by atoms with E-state index in [2.05, 4.69) is 18.6 Å². The van der Waals surface area contributed by atoms with E-state index in [1.807, 2.05) is 18.2 Å². The summed E-state index contributed by atoms with van der Waals surface area (Å²) in [5.41, 5.74) is 7.30. The number of nitrogens with one attached hydrogen (secondary N) is 1. The molecule has 0 heterocycles. The second-order valence-corrected chi connectivity index (χ2v) is 10.2. The molecule has 4 N–H and O–H groups in total. The molecule has 0 saturated carbocycles. The molecule has 0 spiro atoms. The molecule has 1 aromatic carbocycles. The zero-order valence-electron chi connectivity index (χ0n) is 19.9. The van der Waals surface area contributed by atoms with Gasteiger partial charge in [-0.15, -0.1) is 12.4 Å². The first-order chi connectivity index (χ1) is 14.6. The third-order valence-corrected chi connectivity index (χ3v) is 6.75. The maximum Gasteiger partial charge on any atom is 0.211 e. The van der Waals surface area contributed by atoms with Crippen LogP contribution in [0.25, 0.3) is 0 Å². The maximum atomic E-state index is 11.6. The molecule has 0 radical (unpaired) electrons. The molecule has 3 atom stereocenters. The Balaban J connectivity index is 0.00000961. The molecule has 8 nitrogen and oxygen atoms in total. The molecule has 0 amide bonds. The normalized spacial score (nSPS) is 14.5. The van der Waals surface area contributed by atoms with Gasteiger partial charge in [0, 0.05) is 32.7 Å². The van der Waals surface area contributed by atoms with E-state index in [-0.39, 0.29) is 30.6 Å². The fraction of sp³-hybridized carbons (Fsp3) is 0.727. The molecule has 0 aliphatic rings. The van der Waals surface area contributed by atoms with Gasteiger partial charge in [-0.1, -0.05) is 19.9 Å². The molecule has 0 fully saturated rings. The lowest BCUT2D eigenvalue weighted by molar-refractivity contribution is 0.129. The predicted molar refractivity (Wildman–Crippen MR) is 130 cm³/mol. The summed E-state index contributed by atoms with van der Waals surface area (Å²) in [5, 5.41) is 10.3. The van der Waals surface area contributed by atoms with E-state index in [1.165, 1.54) is 0 Å². The van der Waals surface area contributed by atoms with Crippen LogP contribution in [0.5, 0.6) is 11.5 Å². The Morgan fingerprint density at radius 2 is 1.84 bits per heavy atom. The van der Waals surface area contributed by atoms with Crippen molar-refractivity contribution in [2.45, 2.75) is 52.2 Å². The Hall–Kier alpha value is -1.10. The van der Waals surface area contributed by atoms with Crippen LogP contribution in [-0.2, 0) is 21.2 Å². The Morgan fingerprint density at radius 3 is 2.41 bits per heavy atom. The molecule has 0 aliphatic heterocycles. The van der Waals surface area contributed by atoms with Crippen molar-refractivity contribution in [1.29, 1.82) is 0 Å². The van der Waals surface area contributed by atoms with Crippen molar-refractivity contribution < 1.29 is 27.7 Å². The van der Waals surface area contributed by atoms with E-state index < -0.39 is 22.2 Å². The number of benzene rings is 1. The van der Waals surface area contributed by atoms with Crippen LogP contribution in [0.4, 0.5) is 0 Å². The smallest absolute Gasteiger partial charge is 0.211 e. The van der Waals surface area contributed by atoms with Gasteiger partial charge in [0.25, 0.3) is 0 Å². The molecule has 3 unspecified atom stereocenters. The van der Waals surface area contributed by atoms with E-state index in [9.17, 15) is 13.5 Å². The van der Waals surface area contributed by atoms with Crippen LogP contribution in [-0.4, -0.2) is 65.4 Å². The first-order valence-corrected chi connectivity index (χ1v) is 12.5. The second-order valence-electron chi connectivity index (χ2n) is 8.11. The topological polar surface area (TPSA) is 120 Å². The van der Waals surface area contributed by atoms with Gasteiger partial charge in [-0.3, -0.25) is 0 Å². The summed E-state index contributed by atoms with van der Waals surface area (Å²) in [4.78, 5) is 0. The molecule has 188 valence electrons.